The monoisotopic (exact) mass is 330 g/mol. The lowest BCUT2D eigenvalue weighted by Crippen LogP contribution is -2.57. The Hall–Kier alpha value is -2.58. The molecule has 0 N–H and O–H groups in total. The molecule has 0 atom stereocenters. The standard InChI is InChI=1S/C22H22OSi/c1-18-12-10-11-17-22(18)19(2)23-24(3,20-13-6-4-7-14-20)21-15-8-5-9-16-21/h4-17H,2H2,1,3H3. The van der Waals surface area contributed by atoms with Crippen LogP contribution in [-0.2, 0) is 4.43 Å². The summed E-state index contributed by atoms with van der Waals surface area (Å²) in [4.78, 5) is 0. The normalized spacial score (nSPS) is 11.1. The quantitative estimate of drug-likeness (QED) is 0.498. The van der Waals surface area contributed by atoms with E-state index in [1.165, 1.54) is 15.9 Å². The maximum absolute atomic E-state index is 6.62. The summed E-state index contributed by atoms with van der Waals surface area (Å²) in [6.45, 7) is 8.56. The van der Waals surface area contributed by atoms with Crippen LogP contribution < -0.4 is 10.4 Å². The van der Waals surface area contributed by atoms with Gasteiger partial charge in [0.25, 0.3) is 0 Å². The zero-order chi connectivity index (χ0) is 17.0. The topological polar surface area (TPSA) is 9.23 Å². The predicted octanol–water partition coefficient (Wildman–Crippen LogP) is 4.37. The Balaban J connectivity index is 2.04. The molecule has 0 spiro atoms. The summed E-state index contributed by atoms with van der Waals surface area (Å²) in [7, 11) is -2.37. The molecule has 0 aliphatic rings. The minimum Gasteiger partial charge on any atom is -0.535 e. The molecule has 0 aliphatic carbocycles. The Morgan fingerprint density at radius 2 is 1.21 bits per heavy atom. The molecule has 120 valence electrons. The second-order valence-electron chi connectivity index (χ2n) is 6.11. The zero-order valence-corrected chi connectivity index (χ0v) is 15.2. The fourth-order valence-electron chi connectivity index (χ4n) is 2.98. The highest BCUT2D eigenvalue weighted by molar-refractivity contribution is 6.97. The molecular formula is C22H22OSi. The molecule has 0 bridgehead atoms. The summed E-state index contributed by atoms with van der Waals surface area (Å²) in [6.07, 6.45) is 0. The van der Waals surface area contributed by atoms with Crippen molar-refractivity contribution in [3.8, 4) is 0 Å². The largest absolute Gasteiger partial charge is 0.535 e. The van der Waals surface area contributed by atoms with Crippen LogP contribution in [0.5, 0.6) is 0 Å². The highest BCUT2D eigenvalue weighted by Gasteiger charge is 2.36. The van der Waals surface area contributed by atoms with Gasteiger partial charge in [-0.05, 0) is 29.4 Å². The number of aryl methyl sites for hydroxylation is 1. The van der Waals surface area contributed by atoms with E-state index in [4.69, 9.17) is 4.43 Å². The van der Waals surface area contributed by atoms with E-state index >= 15 is 0 Å². The Labute approximate surface area is 145 Å². The van der Waals surface area contributed by atoms with Gasteiger partial charge in [0.05, 0.1) is 0 Å². The summed E-state index contributed by atoms with van der Waals surface area (Å²) < 4.78 is 6.62. The van der Waals surface area contributed by atoms with Crippen molar-refractivity contribution in [2.24, 2.45) is 0 Å². The molecule has 3 rings (SSSR count). The third-order valence-corrected chi connectivity index (χ3v) is 7.95. The highest BCUT2D eigenvalue weighted by atomic mass is 28.4. The fraction of sp³-hybridized carbons (Fsp3) is 0.0909. The molecule has 3 aromatic carbocycles. The third-order valence-electron chi connectivity index (χ3n) is 4.42. The van der Waals surface area contributed by atoms with E-state index in [-0.39, 0.29) is 0 Å². The van der Waals surface area contributed by atoms with E-state index in [1.54, 1.807) is 0 Å². The molecule has 2 heteroatoms. The van der Waals surface area contributed by atoms with Crippen LogP contribution in [0.3, 0.4) is 0 Å². The van der Waals surface area contributed by atoms with Crippen molar-refractivity contribution in [3.63, 3.8) is 0 Å². The Morgan fingerprint density at radius 1 is 0.750 bits per heavy atom. The van der Waals surface area contributed by atoms with Gasteiger partial charge in [0, 0.05) is 5.56 Å². The number of hydrogen-bond acceptors (Lipinski definition) is 1. The lowest BCUT2D eigenvalue weighted by molar-refractivity contribution is 0.529. The van der Waals surface area contributed by atoms with Gasteiger partial charge < -0.3 is 4.43 Å². The third kappa shape index (κ3) is 3.19. The maximum Gasteiger partial charge on any atom is 0.311 e. The van der Waals surface area contributed by atoms with Crippen LogP contribution in [0, 0.1) is 6.92 Å². The summed E-state index contributed by atoms with van der Waals surface area (Å²) >= 11 is 0. The fourth-order valence-corrected chi connectivity index (χ4v) is 5.81. The van der Waals surface area contributed by atoms with Crippen molar-refractivity contribution in [1.29, 1.82) is 0 Å². The minimum absolute atomic E-state index is 0.745. The number of hydrogen-bond donors (Lipinski definition) is 0. The van der Waals surface area contributed by atoms with Crippen LogP contribution in [0.4, 0.5) is 0 Å². The number of rotatable bonds is 5. The Morgan fingerprint density at radius 3 is 1.71 bits per heavy atom. The van der Waals surface area contributed by atoms with Crippen LogP contribution in [0.1, 0.15) is 11.1 Å². The molecule has 24 heavy (non-hydrogen) atoms. The molecule has 0 heterocycles. The second kappa shape index (κ2) is 6.89. The van der Waals surface area contributed by atoms with Crippen molar-refractivity contribution in [1.82, 2.24) is 0 Å². The molecule has 3 aromatic rings. The van der Waals surface area contributed by atoms with E-state index in [1.807, 2.05) is 24.3 Å². The van der Waals surface area contributed by atoms with Crippen LogP contribution >= 0.6 is 0 Å². The molecular weight excluding hydrogens is 308 g/mol. The average Bonchev–Trinajstić information content (AvgIpc) is 2.63. The van der Waals surface area contributed by atoms with Gasteiger partial charge in [-0.1, -0.05) is 91.5 Å². The van der Waals surface area contributed by atoms with Crippen molar-refractivity contribution in [2.75, 3.05) is 0 Å². The van der Waals surface area contributed by atoms with Gasteiger partial charge in [-0.2, -0.15) is 0 Å². The minimum atomic E-state index is -2.37. The van der Waals surface area contributed by atoms with E-state index in [9.17, 15) is 0 Å². The summed E-state index contributed by atoms with van der Waals surface area (Å²) in [5, 5.41) is 2.48. The van der Waals surface area contributed by atoms with Crippen molar-refractivity contribution in [2.45, 2.75) is 13.5 Å². The van der Waals surface area contributed by atoms with Gasteiger partial charge in [0.2, 0.25) is 0 Å². The van der Waals surface area contributed by atoms with E-state index in [2.05, 4.69) is 80.7 Å². The molecule has 0 saturated heterocycles. The van der Waals surface area contributed by atoms with Gasteiger partial charge in [0.1, 0.15) is 5.76 Å². The molecule has 1 nitrogen and oxygen atoms in total. The molecule has 0 unspecified atom stereocenters. The number of benzene rings is 3. The van der Waals surface area contributed by atoms with E-state index in [0.717, 1.165) is 11.3 Å². The van der Waals surface area contributed by atoms with Crippen molar-refractivity contribution >= 4 is 24.5 Å². The summed E-state index contributed by atoms with van der Waals surface area (Å²) in [6, 6.07) is 29.2. The van der Waals surface area contributed by atoms with E-state index in [0.29, 0.717) is 0 Å². The molecule has 0 fully saturated rings. The lowest BCUT2D eigenvalue weighted by atomic mass is 10.1. The average molecular weight is 331 g/mol. The molecule has 0 amide bonds. The summed E-state index contributed by atoms with van der Waals surface area (Å²) in [5.74, 6) is 0.745. The zero-order valence-electron chi connectivity index (χ0n) is 14.2. The van der Waals surface area contributed by atoms with E-state index < -0.39 is 8.32 Å². The smallest absolute Gasteiger partial charge is 0.311 e. The Bertz CT molecular complexity index is 785. The highest BCUT2D eigenvalue weighted by Crippen LogP contribution is 2.22. The van der Waals surface area contributed by atoms with Gasteiger partial charge in [-0.15, -0.1) is 0 Å². The van der Waals surface area contributed by atoms with Gasteiger partial charge in [-0.3, -0.25) is 0 Å². The maximum atomic E-state index is 6.62. The first-order chi connectivity index (χ1) is 11.6. The first-order valence-corrected chi connectivity index (χ1v) is 10.6. The molecule has 0 aliphatic heterocycles. The molecule has 0 radical (unpaired) electrons. The molecule has 0 saturated carbocycles. The van der Waals surface area contributed by atoms with Gasteiger partial charge >= 0.3 is 8.32 Å². The first-order valence-electron chi connectivity index (χ1n) is 8.16. The van der Waals surface area contributed by atoms with Gasteiger partial charge in [-0.25, -0.2) is 0 Å². The predicted molar refractivity (Wildman–Crippen MR) is 105 cm³/mol. The van der Waals surface area contributed by atoms with Crippen LogP contribution in [0.2, 0.25) is 6.55 Å². The van der Waals surface area contributed by atoms with Crippen molar-refractivity contribution in [3.05, 3.63) is 103 Å². The first kappa shape index (κ1) is 16.3. The second-order valence-corrected chi connectivity index (χ2v) is 9.53. The van der Waals surface area contributed by atoms with Crippen molar-refractivity contribution < 1.29 is 4.43 Å². The van der Waals surface area contributed by atoms with Crippen LogP contribution in [0.25, 0.3) is 5.76 Å². The van der Waals surface area contributed by atoms with Crippen LogP contribution in [0.15, 0.2) is 91.5 Å². The lowest BCUT2D eigenvalue weighted by Gasteiger charge is -2.30. The Kier molecular flexibility index (Phi) is 4.68. The van der Waals surface area contributed by atoms with Gasteiger partial charge in [0.15, 0.2) is 0 Å². The molecule has 0 aromatic heterocycles. The summed E-state index contributed by atoms with van der Waals surface area (Å²) in [5.41, 5.74) is 2.25. The SMILES string of the molecule is C=C(O[Si](C)(c1ccccc1)c1ccccc1)c1ccccc1C. The van der Waals surface area contributed by atoms with Crippen LogP contribution in [-0.4, -0.2) is 8.32 Å².